The van der Waals surface area contributed by atoms with Crippen LogP contribution in [-0.4, -0.2) is 36.5 Å². The second-order valence-corrected chi connectivity index (χ2v) is 4.87. The average molecular weight is 283 g/mol. The Morgan fingerprint density at radius 1 is 1.21 bits per heavy atom. The third-order valence-corrected chi connectivity index (χ3v) is 3.58. The Kier molecular flexibility index (Phi) is 4.53. The molecule has 5 heteroatoms. The summed E-state index contributed by atoms with van der Waals surface area (Å²) in [7, 11) is 0. The lowest BCUT2D eigenvalue weighted by molar-refractivity contribution is -0.139. The molecule has 1 saturated heterocycles. The lowest BCUT2D eigenvalue weighted by Gasteiger charge is -2.33. The maximum atomic E-state index is 12.3. The quantitative estimate of drug-likeness (QED) is 0.859. The zero-order valence-corrected chi connectivity index (χ0v) is 11.6. The molecule has 0 bridgehead atoms. The van der Waals surface area contributed by atoms with Crippen LogP contribution in [0.4, 0.5) is 5.69 Å². The van der Waals surface area contributed by atoms with Crippen molar-refractivity contribution in [3.05, 3.63) is 24.3 Å². The second-order valence-electron chi connectivity index (χ2n) is 4.87. The van der Waals surface area contributed by atoms with E-state index in [2.05, 4.69) is 5.32 Å². The monoisotopic (exact) mass is 282 g/mol. The molecule has 0 spiro atoms. The number of piperidine rings is 1. The topological polar surface area (TPSA) is 41.6 Å². The van der Waals surface area contributed by atoms with Crippen molar-refractivity contribution in [1.29, 1.82) is 0 Å². The van der Waals surface area contributed by atoms with E-state index in [-0.39, 0.29) is 24.4 Å². The summed E-state index contributed by atoms with van der Waals surface area (Å²) >= 11 is 0. The van der Waals surface area contributed by atoms with Crippen LogP contribution in [0.3, 0.4) is 0 Å². The summed E-state index contributed by atoms with van der Waals surface area (Å²) < 4.78 is 5.79. The van der Waals surface area contributed by atoms with Gasteiger partial charge in [-0.25, -0.2) is 0 Å². The van der Waals surface area contributed by atoms with E-state index in [1.54, 1.807) is 0 Å². The molecule has 1 atom stereocenters. The van der Waals surface area contributed by atoms with E-state index < -0.39 is 0 Å². The fourth-order valence-corrected chi connectivity index (χ4v) is 2.57. The Labute approximate surface area is 119 Å². The van der Waals surface area contributed by atoms with E-state index in [9.17, 15) is 4.79 Å². The number of nitrogens with one attached hydrogen (secondary N) is 1. The number of carbonyl (C=O) groups is 1. The Morgan fingerprint density at radius 3 is 2.74 bits per heavy atom. The molecule has 0 saturated carbocycles. The highest BCUT2D eigenvalue weighted by atomic mass is 35.5. The largest absolute Gasteiger partial charge is 0.477 e. The molecule has 104 valence electrons. The highest BCUT2D eigenvalue weighted by Crippen LogP contribution is 2.28. The van der Waals surface area contributed by atoms with Crippen molar-refractivity contribution in [2.45, 2.75) is 25.4 Å². The number of carbonyl (C=O) groups excluding carboxylic acids is 1. The Balaban J connectivity index is 0.00000133. The first-order valence-electron chi connectivity index (χ1n) is 6.63. The molecule has 1 unspecified atom stereocenters. The van der Waals surface area contributed by atoms with Crippen molar-refractivity contribution in [3.8, 4) is 5.75 Å². The maximum Gasteiger partial charge on any atom is 0.265 e. The molecular formula is C14H19ClN2O2. The van der Waals surface area contributed by atoms with E-state index in [0.29, 0.717) is 6.54 Å². The van der Waals surface area contributed by atoms with Gasteiger partial charge in [0.2, 0.25) is 0 Å². The van der Waals surface area contributed by atoms with Crippen molar-refractivity contribution in [2.24, 2.45) is 0 Å². The molecule has 2 aliphatic heterocycles. The minimum atomic E-state index is -0.377. The highest BCUT2D eigenvalue weighted by molar-refractivity contribution is 5.85. The molecule has 4 nitrogen and oxygen atoms in total. The molecule has 1 aromatic carbocycles. The minimum Gasteiger partial charge on any atom is -0.477 e. The first kappa shape index (κ1) is 14.0. The fourth-order valence-electron chi connectivity index (χ4n) is 2.57. The number of ether oxygens (including phenoxy) is 1. The second kappa shape index (κ2) is 6.15. The van der Waals surface area contributed by atoms with Crippen LogP contribution < -0.4 is 10.1 Å². The molecule has 1 fully saturated rings. The first-order chi connectivity index (χ1) is 8.84. The van der Waals surface area contributed by atoms with Crippen LogP contribution in [0.15, 0.2) is 24.3 Å². The van der Waals surface area contributed by atoms with E-state index in [0.717, 1.165) is 37.4 Å². The van der Waals surface area contributed by atoms with Crippen LogP contribution in [-0.2, 0) is 4.79 Å². The zero-order valence-electron chi connectivity index (χ0n) is 10.8. The van der Waals surface area contributed by atoms with Gasteiger partial charge in [0.1, 0.15) is 5.75 Å². The van der Waals surface area contributed by atoms with E-state index in [1.807, 2.05) is 29.2 Å². The maximum absolute atomic E-state index is 12.3. The molecular weight excluding hydrogens is 264 g/mol. The van der Waals surface area contributed by atoms with Gasteiger partial charge in [-0.05, 0) is 31.4 Å². The molecule has 0 radical (unpaired) electrons. The van der Waals surface area contributed by atoms with Crippen LogP contribution in [0.25, 0.3) is 0 Å². The standard InChI is InChI=1S/C14H18N2O2.ClH/c17-14(16-8-4-1-5-9-16)13-10-15-11-6-2-3-7-12(11)18-13;/h2-3,6-7,13,15H,1,4-5,8-10H2;1H. The number of anilines is 1. The number of para-hydroxylation sites is 2. The summed E-state index contributed by atoms with van der Waals surface area (Å²) in [5, 5.41) is 3.26. The summed E-state index contributed by atoms with van der Waals surface area (Å²) in [6.07, 6.45) is 3.08. The lowest BCUT2D eigenvalue weighted by Crippen LogP contribution is -2.48. The Morgan fingerprint density at radius 2 is 1.95 bits per heavy atom. The number of fused-ring (bicyclic) bond motifs is 1. The number of amides is 1. The number of hydrogen-bond acceptors (Lipinski definition) is 3. The number of halogens is 1. The van der Waals surface area contributed by atoms with Crippen molar-refractivity contribution >= 4 is 24.0 Å². The summed E-state index contributed by atoms with van der Waals surface area (Å²) in [6.45, 7) is 2.31. The minimum absolute atomic E-state index is 0. The van der Waals surface area contributed by atoms with Crippen molar-refractivity contribution in [2.75, 3.05) is 25.0 Å². The number of benzene rings is 1. The molecule has 2 aliphatic rings. The van der Waals surface area contributed by atoms with Gasteiger partial charge in [-0.2, -0.15) is 0 Å². The molecule has 0 aromatic heterocycles. The van der Waals surface area contributed by atoms with Gasteiger partial charge in [-0.15, -0.1) is 12.4 Å². The summed E-state index contributed by atoms with van der Waals surface area (Å²) in [5.41, 5.74) is 0.972. The van der Waals surface area contributed by atoms with E-state index >= 15 is 0 Å². The molecule has 2 heterocycles. The van der Waals surface area contributed by atoms with Gasteiger partial charge in [-0.3, -0.25) is 4.79 Å². The molecule has 1 amide bonds. The van der Waals surface area contributed by atoms with E-state index in [1.165, 1.54) is 6.42 Å². The molecule has 1 aromatic rings. The number of rotatable bonds is 1. The zero-order chi connectivity index (χ0) is 12.4. The van der Waals surface area contributed by atoms with Crippen molar-refractivity contribution in [1.82, 2.24) is 4.90 Å². The predicted molar refractivity (Wildman–Crippen MR) is 77.0 cm³/mol. The Hall–Kier alpha value is -1.42. The van der Waals surface area contributed by atoms with Gasteiger partial charge in [0.25, 0.3) is 5.91 Å². The van der Waals surface area contributed by atoms with Gasteiger partial charge in [0.15, 0.2) is 6.10 Å². The number of hydrogen-bond donors (Lipinski definition) is 1. The third kappa shape index (κ3) is 2.95. The van der Waals surface area contributed by atoms with Gasteiger partial charge in [0.05, 0.1) is 12.2 Å². The van der Waals surface area contributed by atoms with Gasteiger partial charge in [0, 0.05) is 13.1 Å². The van der Waals surface area contributed by atoms with Crippen molar-refractivity contribution < 1.29 is 9.53 Å². The lowest BCUT2D eigenvalue weighted by atomic mass is 10.1. The smallest absolute Gasteiger partial charge is 0.265 e. The molecule has 0 aliphatic carbocycles. The predicted octanol–water partition coefficient (Wildman–Crippen LogP) is 2.29. The SMILES string of the molecule is Cl.O=C(C1CNc2ccccc2O1)N1CCCCC1. The number of nitrogens with zero attached hydrogens (tertiary/aromatic N) is 1. The molecule has 3 rings (SSSR count). The molecule has 19 heavy (non-hydrogen) atoms. The fraction of sp³-hybridized carbons (Fsp3) is 0.500. The summed E-state index contributed by atoms with van der Waals surface area (Å²) in [4.78, 5) is 14.3. The third-order valence-electron chi connectivity index (χ3n) is 3.58. The van der Waals surface area contributed by atoms with E-state index in [4.69, 9.17) is 4.74 Å². The van der Waals surface area contributed by atoms with Gasteiger partial charge in [-0.1, -0.05) is 12.1 Å². The van der Waals surface area contributed by atoms with Crippen molar-refractivity contribution in [3.63, 3.8) is 0 Å². The normalized spacial score (nSPS) is 21.5. The summed E-state index contributed by atoms with van der Waals surface area (Å²) in [6, 6.07) is 7.76. The van der Waals surface area contributed by atoms with Crippen LogP contribution in [0.1, 0.15) is 19.3 Å². The number of likely N-dealkylation sites (tertiary alicyclic amines) is 1. The average Bonchev–Trinajstić information content (AvgIpc) is 2.47. The highest BCUT2D eigenvalue weighted by Gasteiger charge is 2.30. The van der Waals surface area contributed by atoms with Crippen LogP contribution in [0, 0.1) is 0 Å². The van der Waals surface area contributed by atoms with Crippen LogP contribution in [0.2, 0.25) is 0 Å². The molecule has 1 N–H and O–H groups in total. The van der Waals surface area contributed by atoms with Crippen LogP contribution in [0.5, 0.6) is 5.75 Å². The van der Waals surface area contributed by atoms with Gasteiger partial charge < -0.3 is 15.0 Å². The Bertz CT molecular complexity index is 447. The summed E-state index contributed by atoms with van der Waals surface area (Å²) in [5.74, 6) is 0.899. The first-order valence-corrected chi connectivity index (χ1v) is 6.63. The van der Waals surface area contributed by atoms with Crippen LogP contribution >= 0.6 is 12.4 Å². The van der Waals surface area contributed by atoms with Gasteiger partial charge >= 0.3 is 0 Å².